The molecule has 27 heavy (non-hydrogen) atoms. The first-order valence-electron chi connectivity index (χ1n) is 9.84. The first-order valence-corrected chi connectivity index (χ1v) is 9.84. The Hall–Kier alpha value is -2.53. The molecule has 0 radical (unpaired) electrons. The molecule has 2 unspecified atom stereocenters. The normalized spacial score (nSPS) is 21.2. The fourth-order valence-electron chi connectivity index (χ4n) is 4.58. The molecule has 1 fully saturated rings. The van der Waals surface area contributed by atoms with Gasteiger partial charge in [-0.05, 0) is 49.6 Å². The summed E-state index contributed by atoms with van der Waals surface area (Å²) in [5.74, 6) is 1.64. The minimum Gasteiger partial charge on any atom is -0.488 e. The van der Waals surface area contributed by atoms with E-state index < -0.39 is 0 Å². The van der Waals surface area contributed by atoms with Gasteiger partial charge in [-0.3, -0.25) is 0 Å². The molecule has 5 heteroatoms. The van der Waals surface area contributed by atoms with E-state index in [-0.39, 0.29) is 6.10 Å². The lowest BCUT2D eigenvalue weighted by Gasteiger charge is -2.37. The minimum absolute atomic E-state index is 0.216. The van der Waals surface area contributed by atoms with Crippen LogP contribution in [0, 0.1) is 5.92 Å². The molecule has 5 rings (SSSR count). The van der Waals surface area contributed by atoms with E-state index in [0.717, 1.165) is 55.2 Å². The number of piperidine rings is 1. The van der Waals surface area contributed by atoms with Gasteiger partial charge in [-0.1, -0.05) is 30.3 Å². The molecule has 3 aromatic rings. The third kappa shape index (κ3) is 3.06. The SMILES string of the molecule is CNC(C1CCN(c2nc3ccccc3o2)CC1)C1Cc2ccccc2O1. The molecule has 1 N–H and O–H groups in total. The fraction of sp³-hybridized carbons (Fsp3) is 0.409. The van der Waals surface area contributed by atoms with Crippen molar-refractivity contribution in [2.24, 2.45) is 5.92 Å². The third-order valence-electron chi connectivity index (χ3n) is 6.01. The second kappa shape index (κ2) is 6.89. The van der Waals surface area contributed by atoms with E-state index in [0.29, 0.717) is 12.0 Å². The molecule has 1 saturated heterocycles. The van der Waals surface area contributed by atoms with Crippen molar-refractivity contribution in [3.05, 3.63) is 54.1 Å². The molecule has 3 heterocycles. The highest BCUT2D eigenvalue weighted by molar-refractivity contribution is 5.74. The van der Waals surface area contributed by atoms with Crippen LogP contribution in [0.4, 0.5) is 6.01 Å². The van der Waals surface area contributed by atoms with Crippen LogP contribution < -0.4 is 15.0 Å². The van der Waals surface area contributed by atoms with Crippen LogP contribution in [0.5, 0.6) is 5.75 Å². The second-order valence-corrected chi connectivity index (χ2v) is 7.57. The summed E-state index contributed by atoms with van der Waals surface area (Å²) in [5.41, 5.74) is 3.12. The Kier molecular flexibility index (Phi) is 4.24. The first-order chi connectivity index (χ1) is 13.3. The van der Waals surface area contributed by atoms with E-state index in [1.165, 1.54) is 5.56 Å². The Morgan fingerprint density at radius 1 is 1.07 bits per heavy atom. The van der Waals surface area contributed by atoms with Crippen LogP contribution in [0.3, 0.4) is 0 Å². The van der Waals surface area contributed by atoms with Gasteiger partial charge >= 0.3 is 0 Å². The maximum absolute atomic E-state index is 6.26. The predicted molar refractivity (Wildman–Crippen MR) is 106 cm³/mol. The summed E-state index contributed by atoms with van der Waals surface area (Å²) in [6, 6.07) is 17.5. The molecule has 0 saturated carbocycles. The monoisotopic (exact) mass is 363 g/mol. The van der Waals surface area contributed by atoms with Crippen LogP contribution in [-0.2, 0) is 6.42 Å². The van der Waals surface area contributed by atoms with Gasteiger partial charge in [-0.15, -0.1) is 0 Å². The van der Waals surface area contributed by atoms with Crippen LogP contribution in [0.2, 0.25) is 0 Å². The molecular formula is C22H25N3O2. The van der Waals surface area contributed by atoms with Gasteiger partial charge in [0.15, 0.2) is 5.58 Å². The van der Waals surface area contributed by atoms with Crippen LogP contribution in [-0.4, -0.2) is 37.3 Å². The van der Waals surface area contributed by atoms with Crippen LogP contribution in [0.1, 0.15) is 18.4 Å². The van der Waals surface area contributed by atoms with Crippen molar-refractivity contribution in [1.29, 1.82) is 0 Å². The standard InChI is InChI=1S/C22H25N3O2/c1-23-21(20-14-16-6-2-4-8-18(16)26-20)15-10-12-25(13-11-15)22-24-17-7-3-5-9-19(17)27-22/h2-9,15,20-21,23H,10-14H2,1H3. The molecule has 0 spiro atoms. The zero-order chi connectivity index (χ0) is 18.2. The van der Waals surface area contributed by atoms with E-state index >= 15 is 0 Å². The third-order valence-corrected chi connectivity index (χ3v) is 6.01. The van der Waals surface area contributed by atoms with Crippen molar-refractivity contribution in [2.75, 3.05) is 25.0 Å². The van der Waals surface area contributed by atoms with Gasteiger partial charge in [-0.25, -0.2) is 0 Å². The molecule has 5 nitrogen and oxygen atoms in total. The number of nitrogens with zero attached hydrogens (tertiary/aromatic N) is 2. The Balaban J connectivity index is 1.25. The van der Waals surface area contributed by atoms with Crippen molar-refractivity contribution < 1.29 is 9.15 Å². The Labute approximate surface area is 159 Å². The second-order valence-electron chi connectivity index (χ2n) is 7.57. The van der Waals surface area contributed by atoms with Crippen LogP contribution >= 0.6 is 0 Å². The summed E-state index contributed by atoms with van der Waals surface area (Å²) in [6.07, 6.45) is 3.43. The zero-order valence-electron chi connectivity index (χ0n) is 15.6. The van der Waals surface area contributed by atoms with Crippen molar-refractivity contribution in [1.82, 2.24) is 10.3 Å². The molecule has 2 atom stereocenters. The summed E-state index contributed by atoms with van der Waals surface area (Å²) in [5, 5.41) is 3.54. The van der Waals surface area contributed by atoms with Crippen molar-refractivity contribution >= 4 is 17.1 Å². The lowest BCUT2D eigenvalue weighted by molar-refractivity contribution is 0.132. The van der Waals surface area contributed by atoms with E-state index in [1.807, 2.05) is 24.3 Å². The number of para-hydroxylation sites is 3. The lowest BCUT2D eigenvalue weighted by Crippen LogP contribution is -2.49. The average Bonchev–Trinajstić information content (AvgIpc) is 3.33. The molecule has 0 amide bonds. The summed E-state index contributed by atoms with van der Waals surface area (Å²) < 4.78 is 12.2. The molecule has 140 valence electrons. The highest BCUT2D eigenvalue weighted by Gasteiger charge is 2.36. The predicted octanol–water partition coefficient (Wildman–Crippen LogP) is 3.64. The number of hydrogen-bond acceptors (Lipinski definition) is 5. The molecule has 2 aliphatic heterocycles. The average molecular weight is 363 g/mol. The number of nitrogens with one attached hydrogen (secondary N) is 1. The molecule has 2 aromatic carbocycles. The highest BCUT2D eigenvalue weighted by atomic mass is 16.5. The number of aromatic nitrogens is 1. The summed E-state index contributed by atoms with van der Waals surface area (Å²) in [7, 11) is 2.06. The smallest absolute Gasteiger partial charge is 0.298 e. The number of hydrogen-bond donors (Lipinski definition) is 1. The summed E-state index contributed by atoms with van der Waals surface area (Å²) in [4.78, 5) is 6.92. The van der Waals surface area contributed by atoms with Gasteiger partial charge in [0.05, 0.1) is 0 Å². The molecule has 0 bridgehead atoms. The maximum Gasteiger partial charge on any atom is 0.298 e. The van der Waals surface area contributed by atoms with E-state index in [1.54, 1.807) is 0 Å². The van der Waals surface area contributed by atoms with E-state index in [9.17, 15) is 0 Å². The van der Waals surface area contributed by atoms with Crippen molar-refractivity contribution in [3.63, 3.8) is 0 Å². The van der Waals surface area contributed by atoms with E-state index in [4.69, 9.17) is 9.15 Å². The number of likely N-dealkylation sites (N-methyl/N-ethyl adjacent to an activating group) is 1. The van der Waals surface area contributed by atoms with Gasteiger partial charge < -0.3 is 19.4 Å². The number of fused-ring (bicyclic) bond motifs is 2. The first kappa shape index (κ1) is 16.6. The van der Waals surface area contributed by atoms with E-state index in [2.05, 4.69) is 46.5 Å². The molecule has 1 aromatic heterocycles. The van der Waals surface area contributed by atoms with Crippen LogP contribution in [0.25, 0.3) is 11.1 Å². The Bertz CT molecular complexity index is 872. The summed E-state index contributed by atoms with van der Waals surface area (Å²) >= 11 is 0. The number of anilines is 1. The fourth-order valence-corrected chi connectivity index (χ4v) is 4.58. The maximum atomic E-state index is 6.26. The van der Waals surface area contributed by atoms with Crippen LogP contribution in [0.15, 0.2) is 52.9 Å². The molecule has 0 aliphatic carbocycles. The Morgan fingerprint density at radius 2 is 1.85 bits per heavy atom. The zero-order valence-corrected chi connectivity index (χ0v) is 15.6. The molecular weight excluding hydrogens is 338 g/mol. The summed E-state index contributed by atoms with van der Waals surface area (Å²) in [6.45, 7) is 1.94. The van der Waals surface area contributed by atoms with Crippen molar-refractivity contribution in [3.8, 4) is 5.75 Å². The van der Waals surface area contributed by atoms with Crippen molar-refractivity contribution in [2.45, 2.75) is 31.4 Å². The number of ether oxygens (including phenoxy) is 1. The Morgan fingerprint density at radius 3 is 2.63 bits per heavy atom. The number of oxazole rings is 1. The lowest BCUT2D eigenvalue weighted by atomic mass is 9.85. The minimum atomic E-state index is 0.216. The van der Waals surface area contributed by atoms with Gasteiger partial charge in [0.25, 0.3) is 6.01 Å². The van der Waals surface area contributed by atoms with Gasteiger partial charge in [0.2, 0.25) is 0 Å². The van der Waals surface area contributed by atoms with Gasteiger partial charge in [-0.2, -0.15) is 4.98 Å². The largest absolute Gasteiger partial charge is 0.488 e. The topological polar surface area (TPSA) is 50.5 Å². The highest BCUT2D eigenvalue weighted by Crippen LogP contribution is 2.34. The molecule has 2 aliphatic rings. The number of rotatable bonds is 4. The van der Waals surface area contributed by atoms with Gasteiger partial charge in [0, 0.05) is 25.6 Å². The number of benzene rings is 2. The van der Waals surface area contributed by atoms with Gasteiger partial charge in [0.1, 0.15) is 17.4 Å². The quantitative estimate of drug-likeness (QED) is 0.767.